The number of fused-ring (bicyclic) bond motifs is 2. The van der Waals surface area contributed by atoms with Crippen LogP contribution in [-0.2, 0) is 11.3 Å². The van der Waals surface area contributed by atoms with Crippen molar-refractivity contribution < 1.29 is 4.79 Å². The van der Waals surface area contributed by atoms with Crippen molar-refractivity contribution in [3.05, 3.63) is 48.2 Å². The van der Waals surface area contributed by atoms with Crippen LogP contribution in [0, 0.1) is 0 Å². The Bertz CT molecular complexity index is 694. The summed E-state index contributed by atoms with van der Waals surface area (Å²) in [6.07, 6.45) is 1.74. The lowest BCUT2D eigenvalue weighted by Gasteiger charge is -2.30. The van der Waals surface area contributed by atoms with Gasteiger partial charge in [0.2, 0.25) is 5.91 Å². The summed E-state index contributed by atoms with van der Waals surface area (Å²) in [5.74, 6) is 0.746. The van der Waals surface area contributed by atoms with E-state index >= 15 is 0 Å². The van der Waals surface area contributed by atoms with Crippen LogP contribution in [0.1, 0.15) is 5.56 Å². The van der Waals surface area contributed by atoms with E-state index in [2.05, 4.69) is 26.6 Å². The van der Waals surface area contributed by atoms with Crippen molar-refractivity contribution in [1.82, 2.24) is 15.2 Å². The number of hydrogen-bond acceptors (Lipinski definition) is 5. The van der Waals surface area contributed by atoms with Crippen LogP contribution in [0.5, 0.6) is 0 Å². The second kappa shape index (κ2) is 6.59. The molecule has 3 heterocycles. The van der Waals surface area contributed by atoms with E-state index in [1.165, 1.54) is 0 Å². The Balaban J connectivity index is 1.70. The predicted molar refractivity (Wildman–Crippen MR) is 94.5 cm³/mol. The highest BCUT2D eigenvalue weighted by atomic mass is 16.2. The number of nitrogens with one attached hydrogen (secondary N) is 2. The van der Waals surface area contributed by atoms with E-state index in [1.54, 1.807) is 11.1 Å². The highest BCUT2D eigenvalue weighted by Gasteiger charge is 2.28. The molecule has 1 amide bonds. The molecule has 4 rings (SSSR count). The largest absolute Gasteiger partial charge is 0.378 e. The smallest absolute Gasteiger partial charge is 0.246 e. The monoisotopic (exact) mass is 323 g/mol. The number of carbonyl (C=O) groups excluding carboxylic acids is 1. The molecule has 0 bridgehead atoms. The van der Waals surface area contributed by atoms with Gasteiger partial charge in [0, 0.05) is 38.9 Å². The van der Waals surface area contributed by atoms with Crippen LogP contribution in [0.3, 0.4) is 0 Å². The Hall–Kier alpha value is -2.44. The fourth-order valence-corrected chi connectivity index (χ4v) is 3.28. The van der Waals surface area contributed by atoms with Crippen molar-refractivity contribution in [1.29, 1.82) is 0 Å². The molecule has 0 saturated carbocycles. The van der Waals surface area contributed by atoms with Gasteiger partial charge in [0.15, 0.2) is 5.82 Å². The number of aromatic nitrogens is 1. The fraction of sp³-hybridized carbons (Fsp3) is 0.333. The molecule has 1 aromatic heterocycles. The molecule has 0 aliphatic carbocycles. The number of piperazine rings is 1. The first kappa shape index (κ1) is 15.1. The Labute approximate surface area is 141 Å². The lowest BCUT2D eigenvalue weighted by atomic mass is 10.1. The molecule has 24 heavy (non-hydrogen) atoms. The minimum atomic E-state index is 0.0630. The van der Waals surface area contributed by atoms with Crippen LogP contribution >= 0.6 is 0 Å². The zero-order valence-corrected chi connectivity index (χ0v) is 13.5. The molecule has 2 aliphatic rings. The highest BCUT2D eigenvalue weighted by Crippen LogP contribution is 2.36. The minimum Gasteiger partial charge on any atom is -0.378 e. The van der Waals surface area contributed by atoms with E-state index in [0.717, 1.165) is 43.1 Å². The first-order chi connectivity index (χ1) is 11.8. The van der Waals surface area contributed by atoms with Crippen LogP contribution in [0.2, 0.25) is 0 Å². The number of benzene rings is 1. The molecule has 1 fully saturated rings. The molecule has 0 unspecified atom stereocenters. The van der Waals surface area contributed by atoms with Crippen molar-refractivity contribution >= 4 is 23.1 Å². The number of amides is 1. The summed E-state index contributed by atoms with van der Waals surface area (Å²) >= 11 is 0. The molecule has 0 radical (unpaired) electrons. The predicted octanol–water partition coefficient (Wildman–Crippen LogP) is 1.58. The second-order valence-corrected chi connectivity index (χ2v) is 6.11. The maximum absolute atomic E-state index is 13.1. The van der Waals surface area contributed by atoms with Gasteiger partial charge in [0.25, 0.3) is 0 Å². The average molecular weight is 323 g/mol. The molecule has 2 aliphatic heterocycles. The summed E-state index contributed by atoms with van der Waals surface area (Å²) in [6.45, 7) is 4.75. The van der Waals surface area contributed by atoms with E-state index < -0.39 is 0 Å². The molecular formula is C18H21N5O. The molecular weight excluding hydrogens is 302 g/mol. The van der Waals surface area contributed by atoms with Gasteiger partial charge in [0.05, 0.1) is 17.9 Å². The molecule has 1 saturated heterocycles. The standard InChI is InChI=1S/C18H21N5O/c24-17(13-22-10-8-19-9-11-22)23-16-6-2-1-4-14(16)12-21-15-5-3-7-20-18(15)23/h1-7,19,21H,8-13H2. The third-order valence-corrected chi connectivity index (χ3v) is 4.52. The SMILES string of the molecule is O=C(CN1CCNCC1)N1c2ccccc2CNc2cccnc21. The summed E-state index contributed by atoms with van der Waals surface area (Å²) in [4.78, 5) is 21.6. The van der Waals surface area contributed by atoms with Crippen molar-refractivity contribution in [3.63, 3.8) is 0 Å². The second-order valence-electron chi connectivity index (χ2n) is 6.11. The molecule has 1 aromatic carbocycles. The molecule has 6 nitrogen and oxygen atoms in total. The van der Waals surface area contributed by atoms with E-state index in [-0.39, 0.29) is 5.91 Å². The van der Waals surface area contributed by atoms with E-state index in [4.69, 9.17) is 0 Å². The lowest BCUT2D eigenvalue weighted by molar-refractivity contribution is -0.119. The van der Waals surface area contributed by atoms with Gasteiger partial charge in [-0.25, -0.2) is 4.98 Å². The van der Waals surface area contributed by atoms with Crippen molar-refractivity contribution in [2.75, 3.05) is 42.9 Å². The van der Waals surface area contributed by atoms with E-state index in [0.29, 0.717) is 18.9 Å². The minimum absolute atomic E-state index is 0.0630. The van der Waals surface area contributed by atoms with Gasteiger partial charge in [-0.3, -0.25) is 14.6 Å². The van der Waals surface area contributed by atoms with Gasteiger partial charge < -0.3 is 10.6 Å². The lowest BCUT2D eigenvalue weighted by Crippen LogP contribution is -2.47. The topological polar surface area (TPSA) is 60.5 Å². The highest BCUT2D eigenvalue weighted by molar-refractivity contribution is 6.04. The first-order valence-corrected chi connectivity index (χ1v) is 8.36. The quantitative estimate of drug-likeness (QED) is 0.879. The van der Waals surface area contributed by atoms with Crippen LogP contribution in [0.4, 0.5) is 17.2 Å². The van der Waals surface area contributed by atoms with Gasteiger partial charge in [-0.15, -0.1) is 0 Å². The van der Waals surface area contributed by atoms with Crippen molar-refractivity contribution in [2.24, 2.45) is 0 Å². The third-order valence-electron chi connectivity index (χ3n) is 4.52. The van der Waals surface area contributed by atoms with Crippen molar-refractivity contribution in [2.45, 2.75) is 6.54 Å². The zero-order chi connectivity index (χ0) is 16.4. The van der Waals surface area contributed by atoms with Crippen LogP contribution < -0.4 is 15.5 Å². The van der Waals surface area contributed by atoms with Gasteiger partial charge in [-0.2, -0.15) is 0 Å². The normalized spacial score (nSPS) is 17.4. The molecule has 2 aromatic rings. The number of anilines is 3. The summed E-state index contributed by atoms with van der Waals surface area (Å²) in [7, 11) is 0. The fourth-order valence-electron chi connectivity index (χ4n) is 3.28. The Morgan fingerprint density at radius 1 is 1.12 bits per heavy atom. The summed E-state index contributed by atoms with van der Waals surface area (Å²) in [5.41, 5.74) is 2.91. The average Bonchev–Trinajstić information content (AvgIpc) is 2.79. The number of pyridine rings is 1. The Kier molecular flexibility index (Phi) is 4.15. The number of nitrogens with zero attached hydrogens (tertiary/aromatic N) is 3. The third kappa shape index (κ3) is 2.86. The maximum atomic E-state index is 13.1. The summed E-state index contributed by atoms with van der Waals surface area (Å²) in [6, 6.07) is 11.9. The molecule has 0 spiro atoms. The Morgan fingerprint density at radius 2 is 1.96 bits per heavy atom. The molecule has 124 valence electrons. The maximum Gasteiger partial charge on any atom is 0.246 e. The summed E-state index contributed by atoms with van der Waals surface area (Å²) < 4.78 is 0. The first-order valence-electron chi connectivity index (χ1n) is 8.36. The summed E-state index contributed by atoms with van der Waals surface area (Å²) in [5, 5.41) is 6.71. The molecule has 0 atom stereocenters. The molecule has 6 heteroatoms. The van der Waals surface area contributed by atoms with E-state index in [9.17, 15) is 4.79 Å². The van der Waals surface area contributed by atoms with Crippen molar-refractivity contribution in [3.8, 4) is 0 Å². The Morgan fingerprint density at radius 3 is 2.83 bits per heavy atom. The van der Waals surface area contributed by atoms with Crippen LogP contribution in [0.25, 0.3) is 0 Å². The van der Waals surface area contributed by atoms with E-state index in [1.807, 2.05) is 30.3 Å². The van der Waals surface area contributed by atoms with Gasteiger partial charge in [0.1, 0.15) is 0 Å². The van der Waals surface area contributed by atoms with Crippen LogP contribution in [-0.4, -0.2) is 48.5 Å². The van der Waals surface area contributed by atoms with Gasteiger partial charge in [-0.05, 0) is 23.8 Å². The number of para-hydroxylation sites is 1. The number of carbonyl (C=O) groups is 1. The van der Waals surface area contributed by atoms with Crippen LogP contribution in [0.15, 0.2) is 42.6 Å². The van der Waals surface area contributed by atoms with Gasteiger partial charge in [-0.1, -0.05) is 18.2 Å². The number of rotatable bonds is 2. The number of hydrogen-bond donors (Lipinski definition) is 2. The zero-order valence-electron chi connectivity index (χ0n) is 13.5. The van der Waals surface area contributed by atoms with Gasteiger partial charge >= 0.3 is 0 Å². The molecule has 2 N–H and O–H groups in total.